The van der Waals surface area contributed by atoms with Gasteiger partial charge in [-0.1, -0.05) is 12.1 Å². The van der Waals surface area contributed by atoms with E-state index in [1.807, 2.05) is 39.0 Å². The van der Waals surface area contributed by atoms with Crippen LogP contribution in [-0.4, -0.2) is 15.0 Å². The Balaban J connectivity index is 2.53. The molecule has 110 valence electrons. The quantitative estimate of drug-likeness (QED) is 0.816. The molecule has 0 N–H and O–H groups in total. The molecule has 0 radical (unpaired) electrons. The highest BCUT2D eigenvalue weighted by Crippen LogP contribution is 2.16. The van der Waals surface area contributed by atoms with Crippen molar-refractivity contribution in [3.8, 4) is 5.69 Å². The minimum Gasteiger partial charge on any atom is -0.288 e. The van der Waals surface area contributed by atoms with E-state index in [0.717, 1.165) is 22.5 Å². The van der Waals surface area contributed by atoms with Gasteiger partial charge in [0.15, 0.2) is 0 Å². The smallest absolute Gasteiger partial charge is 0.222 e. The lowest BCUT2D eigenvalue weighted by Gasteiger charge is -2.14. The molecule has 0 spiro atoms. The number of hydrogen-bond acceptors (Lipinski definition) is 3. The van der Waals surface area contributed by atoms with Gasteiger partial charge in [-0.05, 0) is 49.6 Å². The van der Waals surface area contributed by atoms with E-state index in [0.29, 0.717) is 5.69 Å². The van der Waals surface area contributed by atoms with Crippen LogP contribution < -0.4 is 5.43 Å². The Morgan fingerprint density at radius 2 is 1.95 bits per heavy atom. The first-order chi connectivity index (χ1) is 9.88. The summed E-state index contributed by atoms with van der Waals surface area (Å²) in [6, 6.07) is 7.62. The van der Waals surface area contributed by atoms with Crippen LogP contribution in [-0.2, 0) is 11.2 Å². The number of hydrogen-bond donors (Lipinski definition) is 0. The molecule has 4 nitrogen and oxygen atoms in total. The third-order valence-corrected chi connectivity index (χ3v) is 3.52. The van der Waals surface area contributed by atoms with Gasteiger partial charge in [-0.2, -0.15) is 5.10 Å². The zero-order chi connectivity index (χ0) is 15.6. The molecule has 1 aromatic carbocycles. The van der Waals surface area contributed by atoms with Crippen LogP contribution in [0.2, 0.25) is 0 Å². The summed E-state index contributed by atoms with van der Waals surface area (Å²) >= 11 is 5.34. The summed E-state index contributed by atoms with van der Waals surface area (Å²) in [5, 5.41) is 3.95. The Kier molecular flexibility index (Phi) is 4.58. The van der Waals surface area contributed by atoms with Gasteiger partial charge in [-0.3, -0.25) is 9.59 Å². The summed E-state index contributed by atoms with van der Waals surface area (Å²) in [7, 11) is 0. The fourth-order valence-corrected chi connectivity index (χ4v) is 2.26. The maximum Gasteiger partial charge on any atom is 0.222 e. The second kappa shape index (κ2) is 6.22. The number of aromatic nitrogens is 2. The molecule has 0 bridgehead atoms. The molecule has 0 aliphatic carbocycles. The van der Waals surface area contributed by atoms with Gasteiger partial charge in [0.1, 0.15) is 5.69 Å². The summed E-state index contributed by atoms with van der Waals surface area (Å²) < 4.78 is 1.75. The molecule has 1 aromatic heterocycles. The van der Waals surface area contributed by atoms with Gasteiger partial charge in [0.05, 0.1) is 5.69 Å². The third kappa shape index (κ3) is 3.58. The SMILES string of the molecule is Cc1ccc(C)c(-n2nc(CCC(=O)Cl)c(=O)cc2C)c1. The summed E-state index contributed by atoms with van der Waals surface area (Å²) in [6.07, 6.45) is 0.367. The Bertz CT molecular complexity index is 750. The normalized spacial score (nSPS) is 10.7. The lowest BCUT2D eigenvalue weighted by molar-refractivity contribution is -0.111. The molecule has 0 saturated heterocycles. The van der Waals surface area contributed by atoms with Crippen molar-refractivity contribution < 1.29 is 4.79 Å². The lowest BCUT2D eigenvalue weighted by atomic mass is 10.1. The molecule has 0 saturated carbocycles. The molecule has 1 heterocycles. The highest BCUT2D eigenvalue weighted by atomic mass is 35.5. The topological polar surface area (TPSA) is 52.0 Å². The maximum atomic E-state index is 12.0. The van der Waals surface area contributed by atoms with Crippen LogP contribution in [0.25, 0.3) is 5.69 Å². The number of benzene rings is 1. The average Bonchev–Trinajstić information content (AvgIpc) is 2.41. The number of aryl methyl sites for hydroxylation is 4. The van der Waals surface area contributed by atoms with E-state index in [1.54, 1.807) is 10.7 Å². The van der Waals surface area contributed by atoms with Crippen molar-refractivity contribution in [3.63, 3.8) is 0 Å². The van der Waals surface area contributed by atoms with E-state index in [4.69, 9.17) is 11.6 Å². The zero-order valence-electron chi connectivity index (χ0n) is 12.3. The third-order valence-electron chi connectivity index (χ3n) is 3.33. The molecule has 0 aliphatic heterocycles. The van der Waals surface area contributed by atoms with Crippen LogP contribution >= 0.6 is 11.6 Å². The van der Waals surface area contributed by atoms with Crippen molar-refractivity contribution in [2.45, 2.75) is 33.6 Å². The Morgan fingerprint density at radius 3 is 2.62 bits per heavy atom. The molecular formula is C16H17ClN2O2. The second-order valence-corrected chi connectivity index (χ2v) is 5.58. The summed E-state index contributed by atoms with van der Waals surface area (Å²) in [4.78, 5) is 22.8. The predicted molar refractivity (Wildman–Crippen MR) is 83.2 cm³/mol. The van der Waals surface area contributed by atoms with Crippen molar-refractivity contribution in [2.75, 3.05) is 0 Å². The van der Waals surface area contributed by atoms with Crippen LogP contribution in [0, 0.1) is 20.8 Å². The van der Waals surface area contributed by atoms with E-state index in [9.17, 15) is 9.59 Å². The van der Waals surface area contributed by atoms with E-state index in [1.165, 1.54) is 0 Å². The van der Waals surface area contributed by atoms with Gasteiger partial charge in [0, 0.05) is 24.6 Å². The van der Waals surface area contributed by atoms with Crippen LogP contribution in [0.3, 0.4) is 0 Å². The van der Waals surface area contributed by atoms with Gasteiger partial charge in [0.2, 0.25) is 10.7 Å². The van der Waals surface area contributed by atoms with Crippen LogP contribution in [0.5, 0.6) is 0 Å². The van der Waals surface area contributed by atoms with Gasteiger partial charge < -0.3 is 0 Å². The van der Waals surface area contributed by atoms with Gasteiger partial charge >= 0.3 is 0 Å². The molecule has 0 unspecified atom stereocenters. The van der Waals surface area contributed by atoms with Gasteiger partial charge in [-0.15, -0.1) is 0 Å². The van der Waals surface area contributed by atoms with Crippen molar-refractivity contribution in [2.24, 2.45) is 0 Å². The molecule has 0 aliphatic rings. The lowest BCUT2D eigenvalue weighted by Crippen LogP contribution is -2.19. The Labute approximate surface area is 128 Å². The fourth-order valence-electron chi connectivity index (χ4n) is 2.16. The summed E-state index contributed by atoms with van der Waals surface area (Å²) in [5.74, 6) is 0. The molecule has 0 amide bonds. The summed E-state index contributed by atoms with van der Waals surface area (Å²) in [6.45, 7) is 5.84. The van der Waals surface area contributed by atoms with Crippen molar-refractivity contribution in [1.82, 2.24) is 9.78 Å². The summed E-state index contributed by atoms with van der Waals surface area (Å²) in [5.41, 5.74) is 4.08. The number of carbonyl (C=O) groups excluding carboxylic acids is 1. The highest BCUT2D eigenvalue weighted by molar-refractivity contribution is 6.63. The first-order valence-corrected chi connectivity index (χ1v) is 7.12. The van der Waals surface area contributed by atoms with Crippen molar-refractivity contribution in [1.29, 1.82) is 0 Å². The zero-order valence-corrected chi connectivity index (χ0v) is 13.1. The molecule has 2 aromatic rings. The molecule has 0 fully saturated rings. The first-order valence-electron chi connectivity index (χ1n) is 6.74. The number of rotatable bonds is 4. The molecule has 0 atom stereocenters. The molecule has 2 rings (SSSR count). The van der Waals surface area contributed by atoms with E-state index in [-0.39, 0.29) is 18.3 Å². The van der Waals surface area contributed by atoms with E-state index < -0.39 is 5.24 Å². The number of nitrogens with zero attached hydrogens (tertiary/aromatic N) is 2. The molecule has 21 heavy (non-hydrogen) atoms. The Hall–Kier alpha value is -1.94. The van der Waals surface area contributed by atoms with Crippen molar-refractivity contribution >= 4 is 16.8 Å². The highest BCUT2D eigenvalue weighted by Gasteiger charge is 2.10. The molecule has 5 heteroatoms. The predicted octanol–water partition coefficient (Wildman–Crippen LogP) is 2.86. The van der Waals surface area contributed by atoms with Crippen LogP contribution in [0.1, 0.15) is 28.9 Å². The van der Waals surface area contributed by atoms with Crippen LogP contribution in [0.4, 0.5) is 0 Å². The van der Waals surface area contributed by atoms with Crippen molar-refractivity contribution in [3.05, 3.63) is 57.0 Å². The van der Waals surface area contributed by atoms with E-state index >= 15 is 0 Å². The monoisotopic (exact) mass is 304 g/mol. The van der Waals surface area contributed by atoms with Gasteiger partial charge in [-0.25, -0.2) is 4.68 Å². The standard InChI is InChI=1S/C16H17ClN2O2/c1-10-4-5-11(2)14(8-10)19-12(3)9-15(20)13(18-19)6-7-16(17)21/h4-5,8-9H,6-7H2,1-3H3. The largest absolute Gasteiger partial charge is 0.288 e. The minimum absolute atomic E-state index is 0.111. The number of halogens is 1. The molecular weight excluding hydrogens is 288 g/mol. The Morgan fingerprint density at radius 1 is 1.24 bits per heavy atom. The average molecular weight is 305 g/mol. The first kappa shape index (κ1) is 15.4. The second-order valence-electron chi connectivity index (χ2n) is 5.15. The maximum absolute atomic E-state index is 12.0. The van der Waals surface area contributed by atoms with Crippen LogP contribution in [0.15, 0.2) is 29.1 Å². The van der Waals surface area contributed by atoms with E-state index in [2.05, 4.69) is 5.10 Å². The fraction of sp³-hybridized carbons (Fsp3) is 0.312. The number of carbonyl (C=O) groups is 1. The minimum atomic E-state index is -0.463. The van der Waals surface area contributed by atoms with Gasteiger partial charge in [0.25, 0.3) is 0 Å².